The van der Waals surface area contributed by atoms with Gasteiger partial charge in [-0.15, -0.1) is 0 Å². The number of carbonyl (C=O) groups is 2. The lowest BCUT2D eigenvalue weighted by atomic mass is 9.80. The maximum absolute atomic E-state index is 12.3. The van der Waals surface area contributed by atoms with Gasteiger partial charge in [0.15, 0.2) is 0 Å². The second-order valence-electron chi connectivity index (χ2n) is 9.59. The number of rotatable bonds is 12. The molecule has 0 saturated carbocycles. The van der Waals surface area contributed by atoms with Crippen LogP contribution in [0.4, 0.5) is 10.5 Å². The summed E-state index contributed by atoms with van der Waals surface area (Å²) in [4.78, 5) is 32.3. The van der Waals surface area contributed by atoms with Crippen molar-refractivity contribution in [2.24, 2.45) is 0 Å². The Morgan fingerprint density at radius 3 is 2.02 bits per heavy atom. The Morgan fingerprint density at radius 2 is 1.39 bits per heavy atom. The third kappa shape index (κ3) is 8.63. The molecule has 4 rings (SSSR count). The Morgan fingerprint density at radius 1 is 0.780 bits per heavy atom. The molecule has 212 valence electrons. The van der Waals surface area contributed by atoms with Crippen LogP contribution in [0.2, 0.25) is 0 Å². The number of benzene rings is 4. The van der Waals surface area contributed by atoms with Crippen molar-refractivity contribution < 1.29 is 29.2 Å². The van der Waals surface area contributed by atoms with Gasteiger partial charge in [0.25, 0.3) is 5.91 Å². The van der Waals surface area contributed by atoms with Gasteiger partial charge < -0.3 is 14.8 Å². The van der Waals surface area contributed by atoms with Crippen LogP contribution < -0.4 is 16.3 Å². The smallest absolute Gasteiger partial charge is 0.444 e. The first kappa shape index (κ1) is 29.8. The number of carbonyl (C=O) groups excluding carboxylic acids is 2. The van der Waals surface area contributed by atoms with Crippen molar-refractivity contribution in [1.82, 2.24) is 10.4 Å². The number of nitrogens with one attached hydrogen (secondary N) is 2. The molecule has 10 heteroatoms. The quantitative estimate of drug-likeness (QED) is 0.154. The van der Waals surface area contributed by atoms with Crippen molar-refractivity contribution >= 4 is 41.0 Å². The molecule has 4 aromatic rings. The van der Waals surface area contributed by atoms with E-state index in [0.717, 1.165) is 41.5 Å². The molecule has 0 aliphatic rings. The van der Waals surface area contributed by atoms with Crippen LogP contribution in [0.3, 0.4) is 0 Å². The lowest BCUT2D eigenvalue weighted by Gasteiger charge is -2.18. The monoisotopic (exact) mass is 555 g/mol. The van der Waals surface area contributed by atoms with Crippen LogP contribution in [0.15, 0.2) is 84.9 Å². The third-order valence-corrected chi connectivity index (χ3v) is 6.71. The lowest BCUT2D eigenvalue weighted by molar-refractivity contribution is 0.0233. The lowest BCUT2D eigenvalue weighted by Crippen LogP contribution is -2.29. The Hall–Kier alpha value is -4.22. The van der Waals surface area contributed by atoms with E-state index in [9.17, 15) is 9.59 Å². The Kier molecular flexibility index (Phi) is 10.5. The highest BCUT2D eigenvalue weighted by atomic mass is 16.6. The Balaban J connectivity index is 1.22. The number of hydroxylamine groups is 1. The molecule has 9 nitrogen and oxygen atoms in total. The van der Waals surface area contributed by atoms with Gasteiger partial charge in [0.1, 0.15) is 6.61 Å². The van der Waals surface area contributed by atoms with E-state index < -0.39 is 19.1 Å². The van der Waals surface area contributed by atoms with Gasteiger partial charge in [-0.05, 0) is 82.4 Å². The van der Waals surface area contributed by atoms with Crippen molar-refractivity contribution in [3.63, 3.8) is 0 Å². The zero-order valence-electron chi connectivity index (χ0n) is 23.2. The molecule has 4 aromatic carbocycles. The average Bonchev–Trinajstić information content (AvgIpc) is 2.99. The minimum Gasteiger partial charge on any atom is -0.444 e. The fraction of sp³-hybridized carbons (Fsp3) is 0.226. The molecule has 4 N–H and O–H groups in total. The molecular weight excluding hydrogens is 521 g/mol. The molecule has 2 amide bonds. The van der Waals surface area contributed by atoms with E-state index in [1.807, 2.05) is 18.2 Å². The fourth-order valence-electron chi connectivity index (χ4n) is 4.28. The zero-order chi connectivity index (χ0) is 29.2. The van der Waals surface area contributed by atoms with E-state index in [1.165, 1.54) is 5.56 Å². The van der Waals surface area contributed by atoms with Crippen molar-refractivity contribution in [1.29, 1.82) is 0 Å². The molecule has 0 bridgehead atoms. The number of anilines is 1. The van der Waals surface area contributed by atoms with Gasteiger partial charge in [-0.3, -0.25) is 19.8 Å². The van der Waals surface area contributed by atoms with Crippen LogP contribution in [-0.2, 0) is 29.3 Å². The maximum Gasteiger partial charge on any atom is 0.488 e. The van der Waals surface area contributed by atoms with E-state index >= 15 is 0 Å². The van der Waals surface area contributed by atoms with E-state index in [0.29, 0.717) is 16.7 Å². The summed E-state index contributed by atoms with van der Waals surface area (Å²) in [6.45, 7) is 7.50. The molecule has 0 aliphatic heterocycles. The summed E-state index contributed by atoms with van der Waals surface area (Å²) in [7, 11) is -1.54. The van der Waals surface area contributed by atoms with Crippen LogP contribution in [-0.4, -0.2) is 47.2 Å². The zero-order valence-corrected chi connectivity index (χ0v) is 23.2. The summed E-state index contributed by atoms with van der Waals surface area (Å²) >= 11 is 0. The van der Waals surface area contributed by atoms with Gasteiger partial charge in [0.05, 0.1) is 6.61 Å². The summed E-state index contributed by atoms with van der Waals surface area (Å²) in [6.07, 6.45) is -0.597. The predicted octanol–water partition coefficient (Wildman–Crippen LogP) is 3.97. The van der Waals surface area contributed by atoms with Crippen LogP contribution in [0, 0.1) is 0 Å². The number of fused-ring (bicyclic) bond motifs is 1. The number of amides is 2. The minimum absolute atomic E-state index is 0.105. The normalized spacial score (nSPS) is 11.0. The van der Waals surface area contributed by atoms with Crippen LogP contribution in [0.5, 0.6) is 0 Å². The number of hydrogen-bond donors (Lipinski definition) is 4. The van der Waals surface area contributed by atoms with E-state index in [4.69, 9.17) is 19.6 Å². The summed E-state index contributed by atoms with van der Waals surface area (Å²) < 4.78 is 5.40. The minimum atomic E-state index is -1.54. The Labute approximate surface area is 239 Å². The molecule has 0 aliphatic carbocycles. The standard InChI is InChI=1S/C31H34BN3O6/c1-3-35(4-2)19-23-5-9-27-18-24(6-10-26(27)17-23)20-40-31(37)33-29-15-11-25(12-16-29)30(36)34-41-21-22-7-13-28(14-8-22)32(38)39/h5-18,38-39H,3-4,19-21H2,1-2H3,(H,33,37)(H,34,36). The largest absolute Gasteiger partial charge is 0.488 e. The molecule has 0 unspecified atom stereocenters. The fourth-order valence-corrected chi connectivity index (χ4v) is 4.28. The summed E-state index contributed by atoms with van der Waals surface area (Å²) in [5, 5.41) is 23.2. The number of hydrogen-bond acceptors (Lipinski definition) is 7. The summed E-state index contributed by atoms with van der Waals surface area (Å²) in [5.41, 5.74) is 6.46. The van der Waals surface area contributed by atoms with Gasteiger partial charge in [-0.2, -0.15) is 0 Å². The molecule has 0 fully saturated rings. The van der Waals surface area contributed by atoms with Crippen LogP contribution in [0.25, 0.3) is 10.8 Å². The van der Waals surface area contributed by atoms with Crippen molar-refractivity contribution in [2.45, 2.75) is 33.6 Å². The molecule has 0 aromatic heterocycles. The first-order valence-corrected chi connectivity index (χ1v) is 13.5. The van der Waals surface area contributed by atoms with Crippen LogP contribution in [0.1, 0.15) is 40.9 Å². The van der Waals surface area contributed by atoms with Crippen molar-refractivity contribution in [3.8, 4) is 0 Å². The molecule has 0 saturated heterocycles. The van der Waals surface area contributed by atoms with Crippen molar-refractivity contribution in [2.75, 3.05) is 18.4 Å². The first-order chi connectivity index (χ1) is 19.8. The average molecular weight is 555 g/mol. The number of nitrogens with zero attached hydrogens (tertiary/aromatic N) is 1. The van der Waals surface area contributed by atoms with Crippen LogP contribution >= 0.6 is 0 Å². The molecule has 0 heterocycles. The Bertz CT molecular complexity index is 1460. The SMILES string of the molecule is CCN(CC)Cc1ccc2cc(COC(=O)Nc3ccc(C(=O)NOCc4ccc(B(O)O)cc4)cc3)ccc2c1. The van der Waals surface area contributed by atoms with Gasteiger partial charge in [0, 0.05) is 17.8 Å². The molecular formula is C31H34BN3O6. The molecule has 0 atom stereocenters. The highest BCUT2D eigenvalue weighted by Crippen LogP contribution is 2.20. The molecule has 41 heavy (non-hydrogen) atoms. The molecule has 0 spiro atoms. The highest BCUT2D eigenvalue weighted by Gasteiger charge is 2.11. The predicted molar refractivity (Wildman–Crippen MR) is 159 cm³/mol. The number of ether oxygens (including phenoxy) is 1. The first-order valence-electron chi connectivity index (χ1n) is 13.5. The summed E-state index contributed by atoms with van der Waals surface area (Å²) in [5.74, 6) is -0.446. The van der Waals surface area contributed by atoms with Gasteiger partial charge in [-0.25, -0.2) is 10.3 Å². The van der Waals surface area contributed by atoms with E-state index in [-0.39, 0.29) is 13.2 Å². The molecule has 0 radical (unpaired) electrons. The van der Waals surface area contributed by atoms with Crippen molar-refractivity contribution in [3.05, 3.63) is 107 Å². The van der Waals surface area contributed by atoms with E-state index in [1.54, 1.807) is 48.5 Å². The topological polar surface area (TPSA) is 120 Å². The summed E-state index contributed by atoms with van der Waals surface area (Å²) in [6, 6.07) is 25.2. The highest BCUT2D eigenvalue weighted by molar-refractivity contribution is 6.58. The van der Waals surface area contributed by atoms with Gasteiger partial charge >= 0.3 is 13.2 Å². The maximum atomic E-state index is 12.3. The van der Waals surface area contributed by atoms with E-state index in [2.05, 4.69) is 47.7 Å². The second kappa shape index (κ2) is 14.4. The van der Waals surface area contributed by atoms with Gasteiger partial charge in [0.2, 0.25) is 0 Å². The third-order valence-electron chi connectivity index (χ3n) is 6.71. The van der Waals surface area contributed by atoms with Gasteiger partial charge in [-0.1, -0.05) is 62.4 Å². The second-order valence-corrected chi connectivity index (χ2v) is 9.59.